The zero-order valence-corrected chi connectivity index (χ0v) is 13.4. The summed E-state index contributed by atoms with van der Waals surface area (Å²) >= 11 is 0. The number of ether oxygens (including phenoxy) is 1. The molecule has 25 heavy (non-hydrogen) atoms. The SMILES string of the molecule is NC(=O)c1nn(-c2ccccc2F)cc1NC(=O)CN1CCOCC1. The maximum atomic E-state index is 13.9. The van der Waals surface area contributed by atoms with E-state index in [0.717, 1.165) is 0 Å². The molecule has 132 valence electrons. The number of para-hydroxylation sites is 1. The number of nitrogens with one attached hydrogen (secondary N) is 1. The first-order valence-corrected chi connectivity index (χ1v) is 7.79. The molecule has 0 unspecified atom stereocenters. The number of morpholine rings is 1. The lowest BCUT2D eigenvalue weighted by atomic mass is 10.3. The molecule has 1 aromatic carbocycles. The summed E-state index contributed by atoms with van der Waals surface area (Å²) < 4.78 is 20.3. The van der Waals surface area contributed by atoms with Crippen molar-refractivity contribution in [1.82, 2.24) is 14.7 Å². The highest BCUT2D eigenvalue weighted by molar-refractivity contribution is 6.02. The third kappa shape index (κ3) is 4.01. The largest absolute Gasteiger partial charge is 0.379 e. The molecule has 2 aromatic rings. The van der Waals surface area contributed by atoms with Gasteiger partial charge in [-0.25, -0.2) is 9.07 Å². The minimum Gasteiger partial charge on any atom is -0.379 e. The molecule has 0 radical (unpaired) electrons. The molecule has 0 bridgehead atoms. The van der Waals surface area contributed by atoms with E-state index in [9.17, 15) is 14.0 Å². The number of halogens is 1. The highest BCUT2D eigenvalue weighted by atomic mass is 19.1. The van der Waals surface area contributed by atoms with Gasteiger partial charge < -0.3 is 15.8 Å². The zero-order chi connectivity index (χ0) is 17.8. The second-order valence-corrected chi connectivity index (χ2v) is 5.59. The molecule has 3 N–H and O–H groups in total. The average Bonchev–Trinajstić information content (AvgIpc) is 3.00. The van der Waals surface area contributed by atoms with Gasteiger partial charge in [-0.3, -0.25) is 14.5 Å². The van der Waals surface area contributed by atoms with Crippen LogP contribution in [0.1, 0.15) is 10.5 Å². The molecule has 9 heteroatoms. The number of nitrogens with two attached hydrogens (primary N) is 1. The molecule has 1 saturated heterocycles. The van der Waals surface area contributed by atoms with Crippen LogP contribution in [0.25, 0.3) is 5.69 Å². The van der Waals surface area contributed by atoms with Crippen molar-refractivity contribution in [2.45, 2.75) is 0 Å². The fourth-order valence-corrected chi connectivity index (χ4v) is 2.56. The number of carbonyl (C=O) groups is 2. The van der Waals surface area contributed by atoms with E-state index in [1.54, 1.807) is 12.1 Å². The van der Waals surface area contributed by atoms with Gasteiger partial charge in [-0.15, -0.1) is 0 Å². The molecular formula is C16H18FN5O3. The highest BCUT2D eigenvalue weighted by Crippen LogP contribution is 2.19. The van der Waals surface area contributed by atoms with Crippen LogP contribution in [0.3, 0.4) is 0 Å². The quantitative estimate of drug-likeness (QED) is 0.814. The van der Waals surface area contributed by atoms with Crippen molar-refractivity contribution in [2.24, 2.45) is 5.73 Å². The first-order valence-electron chi connectivity index (χ1n) is 7.79. The van der Waals surface area contributed by atoms with Gasteiger partial charge in [-0.05, 0) is 12.1 Å². The van der Waals surface area contributed by atoms with Crippen LogP contribution in [0.4, 0.5) is 10.1 Å². The van der Waals surface area contributed by atoms with E-state index in [0.29, 0.717) is 26.3 Å². The van der Waals surface area contributed by atoms with Crippen molar-refractivity contribution >= 4 is 17.5 Å². The first-order chi connectivity index (χ1) is 12.0. The molecule has 8 nitrogen and oxygen atoms in total. The number of carbonyl (C=O) groups excluding carboxylic acids is 2. The fraction of sp³-hybridized carbons (Fsp3) is 0.312. The summed E-state index contributed by atoms with van der Waals surface area (Å²) in [6.07, 6.45) is 1.37. The number of hydrogen-bond donors (Lipinski definition) is 2. The molecule has 1 aliphatic rings. The molecule has 0 aliphatic carbocycles. The second kappa shape index (κ2) is 7.41. The lowest BCUT2D eigenvalue weighted by molar-refractivity contribution is -0.118. The molecule has 1 fully saturated rings. The van der Waals surface area contributed by atoms with Gasteiger partial charge in [0.05, 0.1) is 31.6 Å². The molecule has 0 saturated carbocycles. The number of anilines is 1. The number of rotatable bonds is 5. The summed E-state index contributed by atoms with van der Waals surface area (Å²) in [6.45, 7) is 2.62. The zero-order valence-electron chi connectivity index (χ0n) is 13.4. The van der Waals surface area contributed by atoms with Crippen LogP contribution in [0.5, 0.6) is 0 Å². The monoisotopic (exact) mass is 347 g/mol. The number of aromatic nitrogens is 2. The predicted molar refractivity (Wildman–Crippen MR) is 87.9 cm³/mol. The summed E-state index contributed by atoms with van der Waals surface area (Å²) in [7, 11) is 0. The summed E-state index contributed by atoms with van der Waals surface area (Å²) in [5.74, 6) is -1.62. The van der Waals surface area contributed by atoms with E-state index in [1.807, 2.05) is 4.90 Å². The van der Waals surface area contributed by atoms with Gasteiger partial charge in [-0.2, -0.15) is 5.10 Å². The van der Waals surface area contributed by atoms with Gasteiger partial charge in [0.15, 0.2) is 5.69 Å². The van der Waals surface area contributed by atoms with E-state index < -0.39 is 11.7 Å². The number of nitrogens with zero attached hydrogens (tertiary/aromatic N) is 3. The van der Waals surface area contributed by atoms with Gasteiger partial charge in [0, 0.05) is 13.1 Å². The lowest BCUT2D eigenvalue weighted by Crippen LogP contribution is -2.41. The van der Waals surface area contributed by atoms with Crippen LogP contribution in [-0.2, 0) is 9.53 Å². The van der Waals surface area contributed by atoms with Gasteiger partial charge in [-0.1, -0.05) is 12.1 Å². The first kappa shape index (κ1) is 17.1. The smallest absolute Gasteiger partial charge is 0.271 e. The molecular weight excluding hydrogens is 329 g/mol. The Hall–Kier alpha value is -2.78. The Morgan fingerprint density at radius 3 is 2.68 bits per heavy atom. The molecule has 0 atom stereocenters. The molecule has 1 aliphatic heterocycles. The average molecular weight is 347 g/mol. The van der Waals surface area contributed by atoms with E-state index in [-0.39, 0.29) is 29.5 Å². The molecule has 3 rings (SSSR count). The molecule has 2 heterocycles. The third-order valence-electron chi connectivity index (χ3n) is 3.79. The van der Waals surface area contributed by atoms with Crippen LogP contribution < -0.4 is 11.1 Å². The Balaban J connectivity index is 1.79. The van der Waals surface area contributed by atoms with Gasteiger partial charge >= 0.3 is 0 Å². The standard InChI is InChI=1S/C16H18FN5O3/c17-11-3-1-2-4-13(11)22-9-12(15(20-22)16(18)24)19-14(23)10-21-5-7-25-8-6-21/h1-4,9H,5-8,10H2,(H2,18,24)(H,19,23). The minimum atomic E-state index is -0.809. The van der Waals surface area contributed by atoms with Gasteiger partial charge in [0.25, 0.3) is 5.91 Å². The van der Waals surface area contributed by atoms with Crippen molar-refractivity contribution in [2.75, 3.05) is 38.2 Å². The van der Waals surface area contributed by atoms with Crippen LogP contribution in [0.2, 0.25) is 0 Å². The van der Waals surface area contributed by atoms with Gasteiger partial charge in [0.1, 0.15) is 11.5 Å². The van der Waals surface area contributed by atoms with E-state index in [4.69, 9.17) is 10.5 Å². The Morgan fingerprint density at radius 2 is 2.00 bits per heavy atom. The maximum Gasteiger partial charge on any atom is 0.271 e. The number of benzene rings is 1. The summed E-state index contributed by atoms with van der Waals surface area (Å²) in [5, 5.41) is 6.62. The van der Waals surface area contributed by atoms with Crippen molar-refractivity contribution in [1.29, 1.82) is 0 Å². The topological polar surface area (TPSA) is 102 Å². The normalized spacial score (nSPS) is 15.1. The van der Waals surface area contributed by atoms with E-state index in [1.165, 1.54) is 23.0 Å². The number of hydrogen-bond acceptors (Lipinski definition) is 5. The number of primary amides is 1. The Labute approximate surface area is 143 Å². The van der Waals surface area contributed by atoms with E-state index >= 15 is 0 Å². The maximum absolute atomic E-state index is 13.9. The van der Waals surface area contributed by atoms with Gasteiger partial charge in [0.2, 0.25) is 5.91 Å². The van der Waals surface area contributed by atoms with Crippen molar-refractivity contribution in [3.63, 3.8) is 0 Å². The molecule has 0 spiro atoms. The minimum absolute atomic E-state index is 0.126. The van der Waals surface area contributed by atoms with Crippen molar-refractivity contribution in [3.05, 3.63) is 42.0 Å². The Kier molecular flexibility index (Phi) is 5.05. The van der Waals surface area contributed by atoms with Crippen LogP contribution in [0.15, 0.2) is 30.5 Å². The lowest BCUT2D eigenvalue weighted by Gasteiger charge is -2.25. The Morgan fingerprint density at radius 1 is 1.28 bits per heavy atom. The Bertz CT molecular complexity index is 786. The van der Waals surface area contributed by atoms with Crippen LogP contribution >= 0.6 is 0 Å². The van der Waals surface area contributed by atoms with Crippen LogP contribution in [0, 0.1) is 5.82 Å². The predicted octanol–water partition coefficient (Wildman–Crippen LogP) is 0.381. The third-order valence-corrected chi connectivity index (χ3v) is 3.79. The highest BCUT2D eigenvalue weighted by Gasteiger charge is 2.20. The van der Waals surface area contributed by atoms with Crippen molar-refractivity contribution in [3.8, 4) is 5.69 Å². The van der Waals surface area contributed by atoms with Crippen LogP contribution in [-0.4, -0.2) is 59.3 Å². The molecule has 2 amide bonds. The fourth-order valence-electron chi connectivity index (χ4n) is 2.56. The molecule has 1 aromatic heterocycles. The summed E-state index contributed by atoms with van der Waals surface area (Å²) in [4.78, 5) is 25.7. The van der Waals surface area contributed by atoms with E-state index in [2.05, 4.69) is 10.4 Å². The summed E-state index contributed by atoms with van der Waals surface area (Å²) in [6, 6.07) is 5.97. The number of amides is 2. The second-order valence-electron chi connectivity index (χ2n) is 5.59. The van der Waals surface area contributed by atoms with Crippen molar-refractivity contribution < 1.29 is 18.7 Å². The summed E-state index contributed by atoms with van der Waals surface area (Å²) in [5.41, 5.74) is 5.49.